The fourth-order valence-corrected chi connectivity index (χ4v) is 5.19. The summed E-state index contributed by atoms with van der Waals surface area (Å²) in [6.45, 7) is 5.74. The molecule has 1 aromatic carbocycles. The lowest BCUT2D eigenvalue weighted by atomic mass is 10.3. The van der Waals surface area contributed by atoms with E-state index in [1.807, 2.05) is 0 Å². The van der Waals surface area contributed by atoms with Gasteiger partial charge >= 0.3 is 0 Å². The van der Waals surface area contributed by atoms with Crippen LogP contribution in [0.2, 0.25) is 0 Å². The number of nitrogens with zero attached hydrogens (tertiary/aromatic N) is 4. The number of rotatable bonds is 8. The Bertz CT molecular complexity index is 758. The van der Waals surface area contributed by atoms with Crippen LogP contribution in [0.1, 0.15) is 13.8 Å². The summed E-state index contributed by atoms with van der Waals surface area (Å²) in [4.78, 5) is 25.0. The van der Waals surface area contributed by atoms with E-state index in [9.17, 15) is 23.3 Å². The summed E-state index contributed by atoms with van der Waals surface area (Å²) in [6, 6.07) is 6.04. The van der Waals surface area contributed by atoms with E-state index in [-0.39, 0.29) is 30.4 Å². The minimum atomic E-state index is -3.47. The molecule has 9 nitrogen and oxygen atoms in total. The lowest BCUT2D eigenvalue weighted by molar-refractivity contribution is -0.384. The first-order valence-corrected chi connectivity index (χ1v) is 11.1. The first-order valence-electron chi connectivity index (χ1n) is 8.69. The number of benzene rings is 1. The van der Waals surface area contributed by atoms with Crippen LogP contribution in [0, 0.1) is 10.1 Å². The van der Waals surface area contributed by atoms with Crippen LogP contribution >= 0.6 is 11.8 Å². The highest BCUT2D eigenvalue weighted by Gasteiger charge is 2.31. The van der Waals surface area contributed by atoms with Gasteiger partial charge in [0.15, 0.2) is 0 Å². The lowest BCUT2D eigenvalue weighted by Crippen LogP contribution is -2.54. The van der Waals surface area contributed by atoms with Gasteiger partial charge in [0, 0.05) is 56.3 Å². The van der Waals surface area contributed by atoms with Crippen LogP contribution in [0.4, 0.5) is 5.69 Å². The van der Waals surface area contributed by atoms with E-state index in [1.165, 1.54) is 32.5 Å². The summed E-state index contributed by atoms with van der Waals surface area (Å²) in [5, 5.41) is 10.7. The van der Waals surface area contributed by atoms with Crippen LogP contribution in [0.3, 0.4) is 0 Å². The minimum Gasteiger partial charge on any atom is -0.339 e. The van der Waals surface area contributed by atoms with Gasteiger partial charge in [-0.1, -0.05) is 13.8 Å². The number of nitro benzene ring substituents is 1. The Balaban J connectivity index is 1.85. The Morgan fingerprint density at radius 1 is 1.15 bits per heavy atom. The Hall–Kier alpha value is -1.69. The normalized spacial score (nSPS) is 15.9. The molecule has 1 fully saturated rings. The van der Waals surface area contributed by atoms with Gasteiger partial charge < -0.3 is 4.90 Å². The molecule has 0 bridgehead atoms. The molecule has 0 radical (unpaired) electrons. The van der Waals surface area contributed by atoms with Gasteiger partial charge in [0.25, 0.3) is 15.9 Å². The van der Waals surface area contributed by atoms with Gasteiger partial charge in [0.1, 0.15) is 0 Å². The van der Waals surface area contributed by atoms with E-state index in [0.29, 0.717) is 26.2 Å². The molecule has 0 aliphatic carbocycles. The average Bonchev–Trinajstić information content (AvgIpc) is 2.67. The molecule has 1 aliphatic heterocycles. The highest BCUT2D eigenvalue weighted by atomic mass is 32.2. The van der Waals surface area contributed by atoms with Gasteiger partial charge in [0.05, 0.1) is 10.7 Å². The van der Waals surface area contributed by atoms with Crippen molar-refractivity contribution < 1.29 is 18.1 Å². The quantitative estimate of drug-likeness (QED) is 0.361. The van der Waals surface area contributed by atoms with Crippen molar-refractivity contribution in [1.29, 1.82) is 0 Å². The van der Waals surface area contributed by atoms with E-state index >= 15 is 0 Å². The van der Waals surface area contributed by atoms with E-state index < -0.39 is 15.1 Å². The maximum Gasteiger partial charge on any atom is 0.282 e. The van der Waals surface area contributed by atoms with E-state index in [1.54, 1.807) is 30.9 Å². The molecule has 1 aliphatic rings. The maximum atomic E-state index is 12.5. The molecule has 1 saturated heterocycles. The predicted octanol–water partition coefficient (Wildman–Crippen LogP) is 1.42. The van der Waals surface area contributed by atoms with Crippen molar-refractivity contribution in [3.8, 4) is 0 Å². The molecule has 1 aromatic rings. The molecule has 0 unspecified atom stereocenters. The van der Waals surface area contributed by atoms with E-state index in [2.05, 4.69) is 0 Å². The number of carbonyl (C=O) groups excluding carboxylic acids is 1. The summed E-state index contributed by atoms with van der Waals surface area (Å²) < 4.78 is 27.8. The zero-order valence-corrected chi connectivity index (χ0v) is 17.0. The summed E-state index contributed by atoms with van der Waals surface area (Å²) in [6.07, 6.45) is 0. The molecule has 11 heteroatoms. The number of carbonyl (C=O) groups is 1. The van der Waals surface area contributed by atoms with Crippen LogP contribution in [0.5, 0.6) is 0 Å². The molecule has 0 aromatic heterocycles. The predicted molar refractivity (Wildman–Crippen MR) is 104 cm³/mol. The second-order valence-corrected chi connectivity index (χ2v) is 8.89. The van der Waals surface area contributed by atoms with Crippen LogP contribution in [0.15, 0.2) is 29.2 Å². The summed E-state index contributed by atoms with van der Waals surface area (Å²) >= 11 is 1.31. The molecule has 2 rings (SSSR count). The van der Waals surface area contributed by atoms with E-state index in [4.69, 9.17) is 0 Å². The monoisotopic (exact) mass is 416 g/mol. The van der Waals surface area contributed by atoms with Crippen molar-refractivity contribution >= 4 is 33.6 Å². The lowest BCUT2D eigenvalue weighted by Gasteiger charge is -2.36. The molecule has 27 heavy (non-hydrogen) atoms. The maximum absolute atomic E-state index is 12.5. The summed E-state index contributed by atoms with van der Waals surface area (Å²) in [5.74, 6) is 0.138. The zero-order valence-electron chi connectivity index (χ0n) is 15.4. The summed E-state index contributed by atoms with van der Waals surface area (Å²) in [7, 11) is -3.47. The van der Waals surface area contributed by atoms with Crippen LogP contribution < -0.4 is 0 Å². The molecule has 0 atom stereocenters. The SMILES string of the molecule is CCN(CC)S(=O)(=O)N1CCN(C(=O)CSc2ccc([N+](=O)[O-])cc2)CC1. The molecule has 0 spiro atoms. The second-order valence-electron chi connectivity index (χ2n) is 5.91. The fourth-order valence-electron chi connectivity index (χ4n) is 2.78. The van der Waals surface area contributed by atoms with Crippen molar-refractivity contribution in [1.82, 2.24) is 13.5 Å². The largest absolute Gasteiger partial charge is 0.339 e. The fraction of sp³-hybridized carbons (Fsp3) is 0.562. The number of piperazine rings is 1. The zero-order chi connectivity index (χ0) is 20.0. The number of thioether (sulfide) groups is 1. The Morgan fingerprint density at radius 3 is 2.19 bits per heavy atom. The van der Waals surface area contributed by atoms with Gasteiger partial charge in [-0.15, -0.1) is 11.8 Å². The smallest absolute Gasteiger partial charge is 0.282 e. The van der Waals surface area contributed by atoms with Crippen LogP contribution in [0.25, 0.3) is 0 Å². The van der Waals surface area contributed by atoms with Crippen LogP contribution in [-0.2, 0) is 15.0 Å². The van der Waals surface area contributed by atoms with Gasteiger partial charge in [0.2, 0.25) is 5.91 Å². The first-order chi connectivity index (χ1) is 12.8. The Labute approximate surface area is 163 Å². The van der Waals surface area contributed by atoms with Crippen molar-refractivity contribution in [3.05, 3.63) is 34.4 Å². The molecule has 0 N–H and O–H groups in total. The number of amides is 1. The second kappa shape index (κ2) is 9.49. The third kappa shape index (κ3) is 5.41. The average molecular weight is 417 g/mol. The Kier molecular flexibility index (Phi) is 7.59. The molecular weight excluding hydrogens is 392 g/mol. The number of non-ortho nitro benzene ring substituents is 1. The third-order valence-corrected chi connectivity index (χ3v) is 7.54. The first kappa shape index (κ1) is 21.6. The van der Waals surface area contributed by atoms with Crippen LogP contribution in [-0.4, -0.2) is 77.8 Å². The van der Waals surface area contributed by atoms with Gasteiger partial charge in [-0.2, -0.15) is 17.0 Å². The van der Waals surface area contributed by atoms with Crippen molar-refractivity contribution in [3.63, 3.8) is 0 Å². The summed E-state index contributed by atoms with van der Waals surface area (Å²) in [5.41, 5.74) is 0.0104. The third-order valence-electron chi connectivity index (χ3n) is 4.36. The highest BCUT2D eigenvalue weighted by molar-refractivity contribution is 8.00. The minimum absolute atomic E-state index is 0.0104. The standard InChI is InChI=1S/C16H24N4O5S2/c1-3-18(4-2)27(24,25)19-11-9-17(10-12-19)16(21)13-26-15-7-5-14(6-8-15)20(22)23/h5-8H,3-4,9-13H2,1-2H3. The highest BCUT2D eigenvalue weighted by Crippen LogP contribution is 2.22. The molecule has 1 amide bonds. The topological polar surface area (TPSA) is 104 Å². The van der Waals surface area contributed by atoms with Crippen molar-refractivity contribution in [2.45, 2.75) is 18.7 Å². The van der Waals surface area contributed by atoms with Crippen molar-refractivity contribution in [2.75, 3.05) is 45.0 Å². The Morgan fingerprint density at radius 2 is 1.70 bits per heavy atom. The number of nitro groups is 1. The molecule has 1 heterocycles. The molecule has 0 saturated carbocycles. The number of hydrogen-bond donors (Lipinski definition) is 0. The van der Waals surface area contributed by atoms with Gasteiger partial charge in [-0.3, -0.25) is 14.9 Å². The number of hydrogen-bond acceptors (Lipinski definition) is 6. The van der Waals surface area contributed by atoms with Crippen molar-refractivity contribution in [2.24, 2.45) is 0 Å². The van der Waals surface area contributed by atoms with Gasteiger partial charge in [-0.05, 0) is 12.1 Å². The van der Waals surface area contributed by atoms with Gasteiger partial charge in [-0.25, -0.2) is 0 Å². The molecular formula is C16H24N4O5S2. The molecule has 150 valence electrons. The van der Waals surface area contributed by atoms with E-state index in [0.717, 1.165) is 4.90 Å².